The van der Waals surface area contributed by atoms with Crippen LogP contribution in [0.3, 0.4) is 0 Å². The second-order valence-electron chi connectivity index (χ2n) is 3.84. The van der Waals surface area contributed by atoms with E-state index in [-0.39, 0.29) is 12.6 Å². The summed E-state index contributed by atoms with van der Waals surface area (Å²) < 4.78 is 36.9. The van der Waals surface area contributed by atoms with E-state index < -0.39 is 12.1 Å². The van der Waals surface area contributed by atoms with Crippen LogP contribution in [0.2, 0.25) is 0 Å². The first-order chi connectivity index (χ1) is 6.93. The minimum absolute atomic E-state index is 0.186. The van der Waals surface area contributed by atoms with Crippen LogP contribution < -0.4 is 5.32 Å². The van der Waals surface area contributed by atoms with E-state index in [4.69, 9.17) is 5.26 Å². The molecule has 1 fully saturated rings. The zero-order chi connectivity index (χ0) is 11.5. The van der Waals surface area contributed by atoms with Crippen LogP contribution in [0, 0.1) is 17.2 Å². The fourth-order valence-electron chi connectivity index (χ4n) is 1.65. The minimum Gasteiger partial charge on any atom is -0.312 e. The van der Waals surface area contributed by atoms with Gasteiger partial charge in [-0.3, -0.25) is 4.90 Å². The van der Waals surface area contributed by atoms with Crippen molar-refractivity contribution in [1.82, 2.24) is 10.2 Å². The average molecular weight is 221 g/mol. The molecule has 1 rings (SSSR count). The van der Waals surface area contributed by atoms with Crippen molar-refractivity contribution in [2.24, 2.45) is 5.92 Å². The molecule has 0 aliphatic carbocycles. The lowest BCUT2D eigenvalue weighted by atomic mass is 10.1. The van der Waals surface area contributed by atoms with E-state index >= 15 is 0 Å². The molecule has 15 heavy (non-hydrogen) atoms. The molecule has 0 spiro atoms. The topological polar surface area (TPSA) is 39.1 Å². The Kier molecular flexibility index (Phi) is 3.94. The van der Waals surface area contributed by atoms with Crippen LogP contribution >= 0.6 is 0 Å². The Morgan fingerprint density at radius 2 is 2.27 bits per heavy atom. The fourth-order valence-corrected chi connectivity index (χ4v) is 1.65. The van der Waals surface area contributed by atoms with Gasteiger partial charge >= 0.3 is 6.18 Å². The van der Waals surface area contributed by atoms with Crippen molar-refractivity contribution in [3.8, 4) is 6.07 Å². The molecular formula is C9H14F3N3. The highest BCUT2D eigenvalue weighted by atomic mass is 19.4. The molecule has 1 saturated heterocycles. The molecule has 1 unspecified atom stereocenters. The molecular weight excluding hydrogens is 207 g/mol. The Bertz CT molecular complexity index is 246. The molecule has 86 valence electrons. The second-order valence-corrected chi connectivity index (χ2v) is 3.84. The molecule has 2 atom stereocenters. The molecule has 0 bridgehead atoms. The van der Waals surface area contributed by atoms with E-state index in [0.29, 0.717) is 19.6 Å². The summed E-state index contributed by atoms with van der Waals surface area (Å²) in [5, 5.41) is 11.6. The number of alkyl halides is 3. The summed E-state index contributed by atoms with van der Waals surface area (Å²) in [5.41, 5.74) is 0. The lowest BCUT2D eigenvalue weighted by Gasteiger charge is -2.33. The van der Waals surface area contributed by atoms with E-state index in [9.17, 15) is 13.2 Å². The first kappa shape index (κ1) is 12.3. The SMILES string of the molecule is C[C@H]1CN(CC(C#N)C(F)(F)F)CCN1. The van der Waals surface area contributed by atoms with Crippen LogP contribution in [-0.4, -0.2) is 43.3 Å². The van der Waals surface area contributed by atoms with Crippen LogP contribution in [0.25, 0.3) is 0 Å². The van der Waals surface area contributed by atoms with E-state index in [1.165, 1.54) is 6.07 Å². The lowest BCUT2D eigenvalue weighted by Crippen LogP contribution is -2.51. The highest BCUT2D eigenvalue weighted by Crippen LogP contribution is 2.26. The smallest absolute Gasteiger partial charge is 0.312 e. The van der Waals surface area contributed by atoms with Gasteiger partial charge in [-0.1, -0.05) is 0 Å². The third kappa shape index (κ3) is 3.68. The molecule has 1 heterocycles. The van der Waals surface area contributed by atoms with E-state index in [1.54, 1.807) is 4.90 Å². The third-order valence-electron chi connectivity index (χ3n) is 2.44. The Morgan fingerprint density at radius 1 is 1.60 bits per heavy atom. The van der Waals surface area contributed by atoms with Gasteiger partial charge in [-0.15, -0.1) is 0 Å². The van der Waals surface area contributed by atoms with Crippen LogP contribution in [0.1, 0.15) is 6.92 Å². The standard InChI is InChI=1S/C9H14F3N3/c1-7-5-15(3-2-14-7)6-8(4-13)9(10,11)12/h7-8,14H,2-3,5-6H2,1H3/t7-,8?/m0/s1. The number of nitrogens with one attached hydrogen (secondary N) is 1. The van der Waals surface area contributed by atoms with Crippen molar-refractivity contribution in [1.29, 1.82) is 5.26 Å². The maximum atomic E-state index is 12.3. The minimum atomic E-state index is -4.41. The summed E-state index contributed by atoms with van der Waals surface area (Å²) in [6, 6.07) is 1.50. The first-order valence-electron chi connectivity index (χ1n) is 4.85. The van der Waals surface area contributed by atoms with Crippen molar-refractivity contribution < 1.29 is 13.2 Å². The van der Waals surface area contributed by atoms with E-state index in [1.807, 2.05) is 6.92 Å². The van der Waals surface area contributed by atoms with Gasteiger partial charge in [-0.25, -0.2) is 0 Å². The van der Waals surface area contributed by atoms with Gasteiger partial charge in [0.1, 0.15) is 0 Å². The molecule has 1 N–H and O–H groups in total. The summed E-state index contributed by atoms with van der Waals surface area (Å²) >= 11 is 0. The molecule has 1 aliphatic rings. The van der Waals surface area contributed by atoms with Gasteiger partial charge in [-0.2, -0.15) is 18.4 Å². The Morgan fingerprint density at radius 3 is 2.73 bits per heavy atom. The van der Waals surface area contributed by atoms with Gasteiger partial charge in [0.05, 0.1) is 6.07 Å². The largest absolute Gasteiger partial charge is 0.405 e. The molecule has 3 nitrogen and oxygen atoms in total. The number of nitriles is 1. The summed E-state index contributed by atoms with van der Waals surface area (Å²) in [7, 11) is 0. The number of hydrogen-bond donors (Lipinski definition) is 1. The highest BCUT2D eigenvalue weighted by Gasteiger charge is 2.41. The number of rotatable bonds is 2. The van der Waals surface area contributed by atoms with E-state index in [2.05, 4.69) is 5.32 Å². The van der Waals surface area contributed by atoms with Crippen molar-refractivity contribution >= 4 is 0 Å². The Hall–Kier alpha value is -0.800. The molecule has 1 aliphatic heterocycles. The average Bonchev–Trinajstić information content (AvgIpc) is 2.12. The summed E-state index contributed by atoms with van der Waals surface area (Å²) in [6.45, 7) is 3.51. The maximum absolute atomic E-state index is 12.3. The van der Waals surface area contributed by atoms with Crippen LogP contribution in [0.15, 0.2) is 0 Å². The zero-order valence-corrected chi connectivity index (χ0v) is 8.51. The third-order valence-corrected chi connectivity index (χ3v) is 2.44. The lowest BCUT2D eigenvalue weighted by molar-refractivity contribution is -0.163. The van der Waals surface area contributed by atoms with Crippen LogP contribution in [-0.2, 0) is 0 Å². The highest BCUT2D eigenvalue weighted by molar-refractivity contribution is 4.91. The number of piperazine rings is 1. The molecule has 0 aromatic carbocycles. The fraction of sp³-hybridized carbons (Fsp3) is 0.889. The van der Waals surface area contributed by atoms with Crippen molar-refractivity contribution in [2.75, 3.05) is 26.2 Å². The summed E-state index contributed by atoms with van der Waals surface area (Å²) in [6.07, 6.45) is -4.41. The van der Waals surface area contributed by atoms with Gasteiger partial charge < -0.3 is 5.32 Å². The van der Waals surface area contributed by atoms with Gasteiger partial charge in [0.25, 0.3) is 0 Å². The van der Waals surface area contributed by atoms with E-state index in [0.717, 1.165) is 0 Å². The van der Waals surface area contributed by atoms with Crippen molar-refractivity contribution in [3.63, 3.8) is 0 Å². The normalized spacial score (nSPS) is 25.9. The molecule has 0 radical (unpaired) electrons. The monoisotopic (exact) mass is 221 g/mol. The molecule has 0 saturated carbocycles. The molecule has 0 amide bonds. The second kappa shape index (κ2) is 4.81. The maximum Gasteiger partial charge on any atom is 0.405 e. The van der Waals surface area contributed by atoms with Crippen LogP contribution in [0.4, 0.5) is 13.2 Å². The number of nitrogens with zero attached hydrogens (tertiary/aromatic N) is 2. The Balaban J connectivity index is 2.49. The number of hydrogen-bond acceptors (Lipinski definition) is 3. The predicted molar refractivity (Wildman–Crippen MR) is 49.1 cm³/mol. The van der Waals surface area contributed by atoms with Gasteiger partial charge in [0.2, 0.25) is 0 Å². The van der Waals surface area contributed by atoms with Crippen molar-refractivity contribution in [3.05, 3.63) is 0 Å². The molecule has 0 aromatic rings. The van der Waals surface area contributed by atoms with Crippen LogP contribution in [0.5, 0.6) is 0 Å². The van der Waals surface area contributed by atoms with Gasteiger partial charge in [0, 0.05) is 32.2 Å². The first-order valence-corrected chi connectivity index (χ1v) is 4.85. The molecule has 6 heteroatoms. The van der Waals surface area contributed by atoms with Gasteiger partial charge in [0.15, 0.2) is 5.92 Å². The summed E-state index contributed by atoms with van der Waals surface area (Å²) in [5.74, 6) is -1.87. The predicted octanol–water partition coefficient (Wildman–Crippen LogP) is 0.982. The summed E-state index contributed by atoms with van der Waals surface area (Å²) in [4.78, 5) is 1.68. The quantitative estimate of drug-likeness (QED) is 0.755. The zero-order valence-electron chi connectivity index (χ0n) is 8.51. The van der Waals surface area contributed by atoms with Crippen molar-refractivity contribution in [2.45, 2.75) is 19.1 Å². The van der Waals surface area contributed by atoms with Gasteiger partial charge in [-0.05, 0) is 6.92 Å². The Labute approximate surface area is 86.9 Å². The molecule has 0 aromatic heterocycles. The number of halogens is 3.